The molecule has 0 aliphatic carbocycles. The topological polar surface area (TPSA) is 41.6 Å². The van der Waals surface area contributed by atoms with E-state index in [0.29, 0.717) is 6.73 Å². The molecule has 0 unspecified atom stereocenters. The minimum Gasteiger partial charge on any atom is -0.473 e. The van der Waals surface area contributed by atoms with Crippen molar-refractivity contribution in [2.75, 3.05) is 16.9 Å². The van der Waals surface area contributed by atoms with Crippen molar-refractivity contribution in [3.05, 3.63) is 53.1 Å². The summed E-state index contributed by atoms with van der Waals surface area (Å²) < 4.78 is 5.84. The number of benzene rings is 2. The Labute approximate surface area is 130 Å². The molecule has 1 aliphatic heterocycles. The van der Waals surface area contributed by atoms with Gasteiger partial charge in [-0.2, -0.15) is 0 Å². The van der Waals surface area contributed by atoms with E-state index in [-0.39, 0.29) is 5.91 Å². The summed E-state index contributed by atoms with van der Waals surface area (Å²) in [7, 11) is 0. The molecule has 0 bridgehead atoms. The number of nitrogens with one attached hydrogen (secondary N) is 1. The standard InChI is InChI=1S/C18H20N2O2/c1-12-6-13(2)8-17(7-12)20-10-15-9-16(19-14(3)21)4-5-18(15)22-11-20/h4-9H,10-11H2,1-3H3,(H,19,21). The monoisotopic (exact) mass is 296 g/mol. The summed E-state index contributed by atoms with van der Waals surface area (Å²) in [5.74, 6) is 0.817. The second-order valence-electron chi connectivity index (χ2n) is 5.82. The van der Waals surface area contributed by atoms with Gasteiger partial charge in [-0.3, -0.25) is 4.79 Å². The number of anilines is 2. The summed E-state index contributed by atoms with van der Waals surface area (Å²) in [6.07, 6.45) is 0. The van der Waals surface area contributed by atoms with Gasteiger partial charge >= 0.3 is 0 Å². The molecule has 1 N–H and O–H groups in total. The number of amides is 1. The zero-order chi connectivity index (χ0) is 15.7. The van der Waals surface area contributed by atoms with Gasteiger partial charge in [-0.1, -0.05) is 6.07 Å². The van der Waals surface area contributed by atoms with Crippen LogP contribution in [0.3, 0.4) is 0 Å². The van der Waals surface area contributed by atoms with E-state index in [2.05, 4.69) is 42.3 Å². The lowest BCUT2D eigenvalue weighted by Crippen LogP contribution is -2.32. The molecule has 0 saturated heterocycles. The van der Waals surface area contributed by atoms with Gasteiger partial charge in [0, 0.05) is 30.4 Å². The Bertz CT molecular complexity index is 705. The Morgan fingerprint density at radius 3 is 2.55 bits per heavy atom. The van der Waals surface area contributed by atoms with E-state index in [1.54, 1.807) is 0 Å². The Balaban J connectivity index is 1.87. The van der Waals surface area contributed by atoms with Crippen LogP contribution in [0.1, 0.15) is 23.6 Å². The molecule has 0 spiro atoms. The van der Waals surface area contributed by atoms with Crippen LogP contribution in [-0.2, 0) is 11.3 Å². The number of carbonyl (C=O) groups excluding carboxylic acids is 1. The van der Waals surface area contributed by atoms with Crippen LogP contribution >= 0.6 is 0 Å². The van der Waals surface area contributed by atoms with Crippen molar-refractivity contribution < 1.29 is 9.53 Å². The molecule has 2 aromatic rings. The minimum absolute atomic E-state index is 0.0668. The van der Waals surface area contributed by atoms with Crippen LogP contribution in [0.4, 0.5) is 11.4 Å². The first-order chi connectivity index (χ1) is 10.5. The van der Waals surface area contributed by atoms with E-state index in [1.807, 2.05) is 18.2 Å². The molecule has 2 aromatic carbocycles. The van der Waals surface area contributed by atoms with Gasteiger partial charge in [0.15, 0.2) is 6.73 Å². The molecule has 1 amide bonds. The van der Waals surface area contributed by atoms with Crippen molar-refractivity contribution in [1.82, 2.24) is 0 Å². The van der Waals surface area contributed by atoms with Crippen molar-refractivity contribution >= 4 is 17.3 Å². The number of ether oxygens (including phenoxy) is 1. The zero-order valence-electron chi connectivity index (χ0n) is 13.1. The maximum atomic E-state index is 11.2. The number of aryl methyl sites for hydroxylation is 2. The minimum atomic E-state index is -0.0668. The fourth-order valence-corrected chi connectivity index (χ4v) is 2.82. The number of hydrogen-bond acceptors (Lipinski definition) is 3. The van der Waals surface area contributed by atoms with Gasteiger partial charge in [-0.25, -0.2) is 0 Å². The van der Waals surface area contributed by atoms with Gasteiger partial charge < -0.3 is 15.0 Å². The van der Waals surface area contributed by atoms with Crippen LogP contribution in [0.2, 0.25) is 0 Å². The SMILES string of the molecule is CC(=O)Nc1ccc2c(c1)CN(c1cc(C)cc(C)c1)CO2. The van der Waals surface area contributed by atoms with Crippen LogP contribution in [0, 0.1) is 13.8 Å². The predicted molar refractivity (Wildman–Crippen MR) is 88.3 cm³/mol. The van der Waals surface area contributed by atoms with E-state index < -0.39 is 0 Å². The fraction of sp³-hybridized carbons (Fsp3) is 0.278. The van der Waals surface area contributed by atoms with Crippen LogP contribution in [-0.4, -0.2) is 12.6 Å². The maximum Gasteiger partial charge on any atom is 0.221 e. The molecule has 0 aromatic heterocycles. The summed E-state index contributed by atoms with van der Waals surface area (Å²) in [6, 6.07) is 12.3. The molecule has 0 radical (unpaired) electrons. The lowest BCUT2D eigenvalue weighted by atomic mass is 10.1. The van der Waals surface area contributed by atoms with Crippen LogP contribution in [0.15, 0.2) is 36.4 Å². The third kappa shape index (κ3) is 3.06. The normalized spacial score (nSPS) is 13.3. The molecular weight excluding hydrogens is 276 g/mol. The molecule has 4 nitrogen and oxygen atoms in total. The number of hydrogen-bond donors (Lipinski definition) is 1. The quantitative estimate of drug-likeness (QED) is 0.920. The molecule has 3 rings (SSSR count). The first-order valence-electron chi connectivity index (χ1n) is 7.38. The van der Waals surface area contributed by atoms with E-state index in [4.69, 9.17) is 4.74 Å². The molecule has 22 heavy (non-hydrogen) atoms. The molecule has 0 fully saturated rings. The van der Waals surface area contributed by atoms with E-state index >= 15 is 0 Å². The van der Waals surface area contributed by atoms with Gasteiger partial charge in [0.1, 0.15) is 5.75 Å². The Morgan fingerprint density at radius 2 is 1.86 bits per heavy atom. The molecule has 1 aliphatic rings. The lowest BCUT2D eigenvalue weighted by molar-refractivity contribution is -0.114. The highest BCUT2D eigenvalue weighted by Crippen LogP contribution is 2.31. The molecule has 1 heterocycles. The maximum absolute atomic E-state index is 11.2. The lowest BCUT2D eigenvalue weighted by Gasteiger charge is -2.31. The van der Waals surface area contributed by atoms with Gasteiger partial charge in [0.05, 0.1) is 0 Å². The van der Waals surface area contributed by atoms with Crippen molar-refractivity contribution in [2.24, 2.45) is 0 Å². The van der Waals surface area contributed by atoms with Gasteiger partial charge in [0.25, 0.3) is 0 Å². The van der Waals surface area contributed by atoms with Gasteiger partial charge in [0.2, 0.25) is 5.91 Å². The predicted octanol–water partition coefficient (Wildman–Crippen LogP) is 3.62. The Morgan fingerprint density at radius 1 is 1.14 bits per heavy atom. The van der Waals surface area contributed by atoms with E-state index in [9.17, 15) is 4.79 Å². The largest absolute Gasteiger partial charge is 0.473 e. The fourth-order valence-electron chi connectivity index (χ4n) is 2.82. The molecule has 0 atom stereocenters. The number of nitrogens with zero attached hydrogens (tertiary/aromatic N) is 1. The Kier molecular flexibility index (Phi) is 3.75. The average Bonchev–Trinajstić information content (AvgIpc) is 2.45. The number of rotatable bonds is 2. The molecular formula is C18H20N2O2. The highest BCUT2D eigenvalue weighted by atomic mass is 16.5. The second-order valence-corrected chi connectivity index (χ2v) is 5.82. The van der Waals surface area contributed by atoms with Crippen molar-refractivity contribution in [3.63, 3.8) is 0 Å². The smallest absolute Gasteiger partial charge is 0.221 e. The van der Waals surface area contributed by atoms with Crippen LogP contribution in [0.5, 0.6) is 5.75 Å². The number of fused-ring (bicyclic) bond motifs is 1. The third-order valence-corrected chi connectivity index (χ3v) is 3.69. The highest BCUT2D eigenvalue weighted by molar-refractivity contribution is 5.88. The molecule has 4 heteroatoms. The Hall–Kier alpha value is -2.49. The average molecular weight is 296 g/mol. The summed E-state index contributed by atoms with van der Waals surface area (Å²) in [5.41, 5.74) is 5.53. The van der Waals surface area contributed by atoms with Crippen molar-refractivity contribution in [2.45, 2.75) is 27.3 Å². The van der Waals surface area contributed by atoms with E-state index in [0.717, 1.165) is 29.2 Å². The van der Waals surface area contributed by atoms with Crippen LogP contribution in [0.25, 0.3) is 0 Å². The summed E-state index contributed by atoms with van der Waals surface area (Å²) in [5, 5.41) is 2.81. The third-order valence-electron chi connectivity index (χ3n) is 3.69. The second kappa shape index (κ2) is 5.72. The first kappa shape index (κ1) is 14.4. The van der Waals surface area contributed by atoms with Crippen LogP contribution < -0.4 is 15.0 Å². The zero-order valence-corrected chi connectivity index (χ0v) is 13.1. The van der Waals surface area contributed by atoms with Crippen molar-refractivity contribution in [3.8, 4) is 5.75 Å². The van der Waals surface area contributed by atoms with Gasteiger partial charge in [-0.05, 0) is 55.3 Å². The number of carbonyl (C=O) groups is 1. The summed E-state index contributed by atoms with van der Waals surface area (Å²) in [6.45, 7) is 7.02. The van der Waals surface area contributed by atoms with E-state index in [1.165, 1.54) is 18.1 Å². The summed E-state index contributed by atoms with van der Waals surface area (Å²) in [4.78, 5) is 13.4. The molecule has 114 valence electrons. The summed E-state index contributed by atoms with van der Waals surface area (Å²) >= 11 is 0. The first-order valence-corrected chi connectivity index (χ1v) is 7.38. The van der Waals surface area contributed by atoms with Gasteiger partial charge in [-0.15, -0.1) is 0 Å². The highest BCUT2D eigenvalue weighted by Gasteiger charge is 2.18. The molecule has 0 saturated carbocycles. The van der Waals surface area contributed by atoms with Crippen molar-refractivity contribution in [1.29, 1.82) is 0 Å².